The minimum Gasteiger partial charge on any atom is -0.838 e. The number of amides is 1. The van der Waals surface area contributed by atoms with E-state index in [0.29, 0.717) is 23.0 Å². The Morgan fingerprint density at radius 1 is 1.17 bits per heavy atom. The van der Waals surface area contributed by atoms with E-state index in [4.69, 9.17) is 5.26 Å². The molecule has 23 heavy (non-hydrogen) atoms. The maximum atomic E-state index is 13.4. The Bertz CT molecular complexity index is 816. The summed E-state index contributed by atoms with van der Waals surface area (Å²) in [5.74, 6) is -1.34. The Morgan fingerprint density at radius 3 is 2.52 bits per heavy atom. The van der Waals surface area contributed by atoms with Gasteiger partial charge in [0.1, 0.15) is 5.40 Å². The molecule has 2 unspecified atom stereocenters. The molecule has 2 aromatic carbocycles. The van der Waals surface area contributed by atoms with Gasteiger partial charge >= 0.3 is 0 Å². The van der Waals surface area contributed by atoms with E-state index in [2.05, 4.69) is 5.32 Å². The van der Waals surface area contributed by atoms with Gasteiger partial charge in [-0.1, -0.05) is 48.5 Å². The lowest BCUT2D eigenvalue weighted by molar-refractivity contribution is -0.460. The number of hydrogen-bond donors (Lipinski definition) is 1. The van der Waals surface area contributed by atoms with Crippen molar-refractivity contribution in [2.45, 2.75) is 10.9 Å². The van der Waals surface area contributed by atoms with E-state index in [-0.39, 0.29) is 5.56 Å². The van der Waals surface area contributed by atoms with Crippen molar-refractivity contribution in [3.63, 3.8) is 0 Å². The van der Waals surface area contributed by atoms with Crippen LogP contribution in [0.4, 0.5) is 5.69 Å². The minimum atomic E-state index is -2.33. The highest BCUT2D eigenvalue weighted by Crippen LogP contribution is 2.41. The summed E-state index contributed by atoms with van der Waals surface area (Å²) >= 11 is 0.525. The Hall–Kier alpha value is -2.62. The van der Waals surface area contributed by atoms with E-state index in [1.54, 1.807) is 53.9 Å². The molecule has 0 saturated carbocycles. The molecule has 1 N–H and O–H groups in total. The Kier molecular flexibility index (Phi) is 3.90. The third-order valence-corrected chi connectivity index (χ3v) is 4.64. The van der Waals surface area contributed by atoms with Gasteiger partial charge in [-0.25, -0.2) is 0 Å². The standard InChI is InChI=1S/C17H11N2O3S/c18-10-23-15(14(20)11-6-2-1-3-7-11)17(22)12-8-4-5-9-13(12)19-16(17)21/h1-9,15H,(H,19,21)/q-1. The van der Waals surface area contributed by atoms with Gasteiger partial charge in [0.05, 0.1) is 5.25 Å². The quantitative estimate of drug-likeness (QED) is 0.682. The maximum absolute atomic E-state index is 13.4. The van der Waals surface area contributed by atoms with E-state index < -0.39 is 22.5 Å². The molecule has 2 atom stereocenters. The number of ketones is 1. The van der Waals surface area contributed by atoms with Gasteiger partial charge in [-0.2, -0.15) is 5.26 Å². The Morgan fingerprint density at radius 2 is 1.83 bits per heavy atom. The first-order valence-corrected chi connectivity index (χ1v) is 7.72. The molecular formula is C17H11N2O3S-. The summed E-state index contributed by atoms with van der Waals surface area (Å²) in [6.45, 7) is 0. The van der Waals surface area contributed by atoms with Crippen LogP contribution >= 0.6 is 11.8 Å². The van der Waals surface area contributed by atoms with Crippen molar-refractivity contribution < 1.29 is 14.7 Å². The van der Waals surface area contributed by atoms with Crippen LogP contribution in [0.5, 0.6) is 0 Å². The predicted molar refractivity (Wildman–Crippen MR) is 84.5 cm³/mol. The highest BCUT2D eigenvalue weighted by atomic mass is 32.2. The van der Waals surface area contributed by atoms with E-state index in [1.165, 1.54) is 6.07 Å². The van der Waals surface area contributed by atoms with E-state index in [0.717, 1.165) is 0 Å². The first-order chi connectivity index (χ1) is 11.1. The van der Waals surface area contributed by atoms with Crippen LogP contribution in [0, 0.1) is 10.7 Å². The molecule has 3 rings (SSSR count). The number of thiocyanates is 1. The largest absolute Gasteiger partial charge is 0.838 e. The van der Waals surface area contributed by atoms with Gasteiger partial charge in [0, 0.05) is 16.9 Å². The summed E-state index contributed by atoms with van der Waals surface area (Å²) in [5.41, 5.74) is -1.45. The van der Waals surface area contributed by atoms with Gasteiger partial charge in [0.2, 0.25) is 5.91 Å². The van der Waals surface area contributed by atoms with Crippen molar-refractivity contribution in [1.82, 2.24) is 0 Å². The van der Waals surface area contributed by atoms with Crippen LogP contribution in [0.2, 0.25) is 0 Å². The normalized spacial score (nSPS) is 20.3. The molecule has 1 aliphatic heterocycles. The number of nitrogens with one attached hydrogen (secondary N) is 1. The number of Topliss-reactive ketones (excluding diaryl/α,β-unsaturated/α-hetero) is 1. The second kappa shape index (κ2) is 5.88. The molecule has 1 amide bonds. The van der Waals surface area contributed by atoms with Crippen molar-refractivity contribution >= 4 is 29.1 Å². The van der Waals surface area contributed by atoms with Crippen LogP contribution in [0.25, 0.3) is 0 Å². The van der Waals surface area contributed by atoms with Crippen molar-refractivity contribution in [3.05, 3.63) is 65.7 Å². The zero-order chi connectivity index (χ0) is 16.4. The van der Waals surface area contributed by atoms with Crippen molar-refractivity contribution in [3.8, 4) is 5.40 Å². The number of hydrogen-bond acceptors (Lipinski definition) is 5. The number of rotatable bonds is 4. The lowest BCUT2D eigenvalue weighted by Gasteiger charge is -2.39. The van der Waals surface area contributed by atoms with Gasteiger partial charge < -0.3 is 10.4 Å². The van der Waals surface area contributed by atoms with Crippen molar-refractivity contribution in [1.29, 1.82) is 5.26 Å². The number of fused-ring (bicyclic) bond motifs is 1. The van der Waals surface area contributed by atoms with E-state index in [9.17, 15) is 14.7 Å². The van der Waals surface area contributed by atoms with E-state index in [1.807, 2.05) is 0 Å². The number of nitriles is 1. The molecule has 0 radical (unpaired) electrons. The van der Waals surface area contributed by atoms with Gasteiger partial charge in [0.25, 0.3) is 0 Å². The minimum absolute atomic E-state index is 0.196. The number of anilines is 1. The van der Waals surface area contributed by atoms with Gasteiger partial charge in [0.15, 0.2) is 5.78 Å². The first kappa shape index (κ1) is 15.3. The Balaban J connectivity index is 2.10. The monoisotopic (exact) mass is 323 g/mol. The highest BCUT2D eigenvalue weighted by molar-refractivity contribution is 8.05. The molecule has 1 aliphatic rings. The molecule has 5 nitrogen and oxygen atoms in total. The molecule has 6 heteroatoms. The summed E-state index contributed by atoms with van der Waals surface area (Å²) < 4.78 is 0. The fourth-order valence-electron chi connectivity index (χ4n) is 2.64. The highest BCUT2D eigenvalue weighted by Gasteiger charge is 2.46. The molecule has 0 spiro atoms. The molecule has 0 bridgehead atoms. The molecular weight excluding hydrogens is 312 g/mol. The summed E-state index contributed by atoms with van der Waals surface area (Å²) in [4.78, 5) is 25.0. The Labute approximate surface area is 136 Å². The van der Waals surface area contributed by atoms with Crippen molar-refractivity contribution in [2.75, 3.05) is 5.32 Å². The van der Waals surface area contributed by atoms with Crippen molar-refractivity contribution in [2.24, 2.45) is 0 Å². The lowest BCUT2D eigenvalue weighted by atomic mass is 9.87. The maximum Gasteiger partial charge on any atom is 0.220 e. The summed E-state index contributed by atoms with van der Waals surface area (Å²) in [6, 6.07) is 14.7. The first-order valence-electron chi connectivity index (χ1n) is 6.84. The number of benzene rings is 2. The smallest absolute Gasteiger partial charge is 0.220 e. The number of nitrogens with zero attached hydrogens (tertiary/aromatic N) is 1. The van der Waals surface area contributed by atoms with Crippen LogP contribution in [0.1, 0.15) is 15.9 Å². The molecule has 0 aromatic heterocycles. The fraction of sp³-hybridized carbons (Fsp3) is 0.118. The summed E-state index contributed by atoms with van der Waals surface area (Å²) in [6.07, 6.45) is 0. The van der Waals surface area contributed by atoms with Crippen LogP contribution in [-0.2, 0) is 10.4 Å². The number of carbonyl (C=O) groups excluding carboxylic acids is 2. The lowest BCUT2D eigenvalue weighted by Crippen LogP contribution is -2.57. The molecule has 0 saturated heterocycles. The second-order valence-electron chi connectivity index (χ2n) is 5.05. The zero-order valence-corrected chi connectivity index (χ0v) is 12.7. The number of para-hydroxylation sites is 1. The third-order valence-electron chi connectivity index (χ3n) is 3.75. The van der Waals surface area contributed by atoms with Crippen LogP contribution in [0.15, 0.2) is 54.6 Å². The predicted octanol–water partition coefficient (Wildman–Crippen LogP) is 1.66. The zero-order valence-electron chi connectivity index (χ0n) is 11.9. The molecule has 0 fully saturated rings. The summed E-state index contributed by atoms with van der Waals surface area (Å²) in [7, 11) is 0. The molecule has 2 aromatic rings. The second-order valence-corrected chi connectivity index (χ2v) is 5.94. The fourth-order valence-corrected chi connectivity index (χ4v) is 3.39. The SMILES string of the molecule is N#CSC(C(=O)c1ccccc1)C1([O-])C(=O)Nc2ccccc21. The molecule has 114 valence electrons. The topological polar surface area (TPSA) is 93.0 Å². The summed E-state index contributed by atoms with van der Waals surface area (Å²) in [5, 5.41) is 25.3. The molecule has 1 heterocycles. The average molecular weight is 323 g/mol. The van der Waals surface area contributed by atoms with Gasteiger partial charge in [-0.05, 0) is 23.4 Å². The van der Waals surface area contributed by atoms with Gasteiger partial charge in [-0.3, -0.25) is 9.59 Å². The third kappa shape index (κ3) is 2.40. The molecule has 0 aliphatic carbocycles. The number of carbonyl (C=O) groups is 2. The van der Waals surface area contributed by atoms with Crippen LogP contribution in [0.3, 0.4) is 0 Å². The van der Waals surface area contributed by atoms with Crippen LogP contribution in [-0.4, -0.2) is 16.9 Å². The van der Waals surface area contributed by atoms with Crippen LogP contribution < -0.4 is 10.4 Å². The number of thioether (sulfide) groups is 1. The van der Waals surface area contributed by atoms with E-state index >= 15 is 0 Å². The average Bonchev–Trinajstić information content (AvgIpc) is 2.85. The van der Waals surface area contributed by atoms with Gasteiger partial charge in [-0.15, -0.1) is 0 Å².